The summed E-state index contributed by atoms with van der Waals surface area (Å²) in [7, 11) is 0. The molecule has 0 aliphatic rings. The van der Waals surface area contributed by atoms with Gasteiger partial charge < -0.3 is 4.52 Å². The van der Waals surface area contributed by atoms with E-state index in [1.165, 1.54) is 6.07 Å². The van der Waals surface area contributed by atoms with Crippen molar-refractivity contribution in [1.29, 1.82) is 0 Å². The quantitative estimate of drug-likeness (QED) is 0.786. The Morgan fingerprint density at radius 2 is 2.00 bits per heavy atom. The second-order valence-electron chi connectivity index (χ2n) is 4.64. The number of nitrogens with one attached hydrogen (secondary N) is 1. The Balaban J connectivity index is 1.74. The van der Waals surface area contributed by atoms with Crippen LogP contribution in [0, 0.1) is 6.92 Å². The zero-order chi connectivity index (χ0) is 16.4. The SMILES string of the molecule is Cc1ccc(-c2cc(C(=O)Nc3nnc(C(F)F)s3)on2)cc1. The highest BCUT2D eigenvalue weighted by molar-refractivity contribution is 7.15. The Morgan fingerprint density at radius 3 is 2.65 bits per heavy atom. The molecule has 1 N–H and O–H groups in total. The molecular formula is C14H10F2N4O2S. The lowest BCUT2D eigenvalue weighted by atomic mass is 10.1. The van der Waals surface area contributed by atoms with Crippen LogP contribution in [-0.2, 0) is 0 Å². The molecule has 0 spiro atoms. The van der Waals surface area contributed by atoms with Crippen LogP contribution >= 0.6 is 11.3 Å². The van der Waals surface area contributed by atoms with Gasteiger partial charge in [0, 0.05) is 11.6 Å². The summed E-state index contributed by atoms with van der Waals surface area (Å²) in [6.07, 6.45) is -2.73. The molecule has 0 aliphatic heterocycles. The molecule has 0 unspecified atom stereocenters. The van der Waals surface area contributed by atoms with Crippen LogP contribution in [-0.4, -0.2) is 21.3 Å². The van der Waals surface area contributed by atoms with Gasteiger partial charge in [-0.1, -0.05) is 46.3 Å². The van der Waals surface area contributed by atoms with Crippen molar-refractivity contribution in [2.24, 2.45) is 0 Å². The number of anilines is 1. The van der Waals surface area contributed by atoms with Gasteiger partial charge in [-0.05, 0) is 6.92 Å². The Morgan fingerprint density at radius 1 is 1.26 bits per heavy atom. The van der Waals surface area contributed by atoms with Crippen LogP contribution in [0.4, 0.5) is 13.9 Å². The number of carbonyl (C=O) groups is 1. The highest BCUT2D eigenvalue weighted by atomic mass is 32.1. The van der Waals surface area contributed by atoms with E-state index < -0.39 is 17.3 Å². The molecule has 2 aromatic heterocycles. The second-order valence-corrected chi connectivity index (χ2v) is 5.65. The molecule has 0 atom stereocenters. The van der Waals surface area contributed by atoms with Crippen LogP contribution < -0.4 is 5.32 Å². The predicted molar refractivity (Wildman–Crippen MR) is 79.5 cm³/mol. The number of amides is 1. The molecule has 1 amide bonds. The molecule has 6 nitrogen and oxygen atoms in total. The van der Waals surface area contributed by atoms with E-state index in [1.807, 2.05) is 31.2 Å². The van der Waals surface area contributed by atoms with Crippen LogP contribution in [0.2, 0.25) is 0 Å². The third kappa shape index (κ3) is 3.39. The Bertz CT molecular complexity index is 829. The molecule has 0 saturated heterocycles. The van der Waals surface area contributed by atoms with Gasteiger partial charge >= 0.3 is 0 Å². The minimum absolute atomic E-state index is 0.0291. The number of hydrogen-bond acceptors (Lipinski definition) is 6. The first-order valence-corrected chi connectivity index (χ1v) is 7.31. The molecule has 3 aromatic rings. The number of rotatable bonds is 4. The van der Waals surface area contributed by atoms with Crippen LogP contribution in [0.1, 0.15) is 27.6 Å². The van der Waals surface area contributed by atoms with Crippen molar-refractivity contribution in [3.05, 3.63) is 46.7 Å². The largest absolute Gasteiger partial charge is 0.350 e. The Kier molecular flexibility index (Phi) is 4.11. The summed E-state index contributed by atoms with van der Waals surface area (Å²) in [6, 6.07) is 9.01. The van der Waals surface area contributed by atoms with Crippen LogP contribution in [0.15, 0.2) is 34.9 Å². The average molecular weight is 336 g/mol. The van der Waals surface area contributed by atoms with E-state index in [4.69, 9.17) is 4.52 Å². The first-order valence-electron chi connectivity index (χ1n) is 6.49. The molecule has 0 fully saturated rings. The van der Waals surface area contributed by atoms with Gasteiger partial charge in [0.2, 0.25) is 10.9 Å². The number of nitrogens with zero attached hydrogens (tertiary/aromatic N) is 3. The molecule has 23 heavy (non-hydrogen) atoms. The maximum atomic E-state index is 12.4. The lowest BCUT2D eigenvalue weighted by Crippen LogP contribution is -2.10. The van der Waals surface area contributed by atoms with Gasteiger partial charge in [-0.15, -0.1) is 10.2 Å². The monoisotopic (exact) mass is 336 g/mol. The second kappa shape index (κ2) is 6.21. The summed E-state index contributed by atoms with van der Waals surface area (Å²) in [4.78, 5) is 12.0. The molecule has 118 valence electrons. The minimum atomic E-state index is -2.73. The van der Waals surface area contributed by atoms with E-state index in [0.29, 0.717) is 17.0 Å². The van der Waals surface area contributed by atoms with Crippen molar-refractivity contribution >= 4 is 22.4 Å². The van der Waals surface area contributed by atoms with Crippen molar-refractivity contribution in [3.63, 3.8) is 0 Å². The van der Waals surface area contributed by atoms with Crippen LogP contribution in [0.25, 0.3) is 11.3 Å². The van der Waals surface area contributed by atoms with E-state index in [-0.39, 0.29) is 10.9 Å². The number of alkyl halides is 2. The van der Waals surface area contributed by atoms with Crippen LogP contribution in [0.5, 0.6) is 0 Å². The van der Waals surface area contributed by atoms with Gasteiger partial charge in [0.15, 0.2) is 5.01 Å². The maximum Gasteiger partial charge on any atom is 0.296 e. The summed E-state index contributed by atoms with van der Waals surface area (Å²) in [6.45, 7) is 1.96. The maximum absolute atomic E-state index is 12.4. The van der Waals surface area contributed by atoms with Crippen LogP contribution in [0.3, 0.4) is 0 Å². The number of aryl methyl sites for hydroxylation is 1. The fraction of sp³-hybridized carbons (Fsp3) is 0.143. The van der Waals surface area contributed by atoms with Gasteiger partial charge in [-0.25, -0.2) is 8.78 Å². The van der Waals surface area contributed by atoms with Crippen molar-refractivity contribution < 1.29 is 18.1 Å². The van der Waals surface area contributed by atoms with E-state index in [2.05, 4.69) is 20.7 Å². The lowest BCUT2D eigenvalue weighted by Gasteiger charge is -1.96. The normalized spacial score (nSPS) is 11.0. The first kappa shape index (κ1) is 15.2. The fourth-order valence-corrected chi connectivity index (χ4v) is 2.37. The van der Waals surface area contributed by atoms with Crippen molar-refractivity contribution in [2.75, 3.05) is 5.32 Å². The number of aromatic nitrogens is 3. The average Bonchev–Trinajstić information content (AvgIpc) is 3.17. The first-order chi connectivity index (χ1) is 11.0. The topological polar surface area (TPSA) is 80.9 Å². The highest BCUT2D eigenvalue weighted by Crippen LogP contribution is 2.26. The Hall–Kier alpha value is -2.68. The summed E-state index contributed by atoms with van der Waals surface area (Å²) < 4.78 is 29.8. The summed E-state index contributed by atoms with van der Waals surface area (Å²) in [5, 5.41) is 12.4. The van der Waals surface area contributed by atoms with Gasteiger partial charge in [-0.2, -0.15) is 0 Å². The van der Waals surface area contributed by atoms with Crippen molar-refractivity contribution in [1.82, 2.24) is 15.4 Å². The Labute approximate surface area is 133 Å². The number of hydrogen-bond donors (Lipinski definition) is 1. The molecule has 0 bridgehead atoms. The standard InChI is InChI=1S/C14H10F2N4O2S/c1-7-2-4-8(5-3-7)9-6-10(22-20-9)12(21)17-14-19-18-13(23-14)11(15)16/h2-6,11H,1H3,(H,17,19,21). The fourth-order valence-electron chi connectivity index (χ4n) is 1.77. The van der Waals surface area contributed by atoms with E-state index in [0.717, 1.165) is 11.1 Å². The van der Waals surface area contributed by atoms with Gasteiger partial charge in [0.25, 0.3) is 12.3 Å². The van der Waals surface area contributed by atoms with Crippen molar-refractivity contribution in [2.45, 2.75) is 13.3 Å². The molecule has 9 heteroatoms. The van der Waals surface area contributed by atoms with Gasteiger partial charge in [0.1, 0.15) is 5.69 Å². The predicted octanol–water partition coefficient (Wildman–Crippen LogP) is 3.69. The summed E-state index contributed by atoms with van der Waals surface area (Å²) in [5.41, 5.74) is 2.40. The van der Waals surface area contributed by atoms with Gasteiger partial charge in [0.05, 0.1) is 0 Å². The van der Waals surface area contributed by atoms with E-state index in [1.54, 1.807) is 0 Å². The lowest BCUT2D eigenvalue weighted by molar-refractivity contribution is 0.0988. The third-order valence-corrected chi connectivity index (χ3v) is 3.78. The van der Waals surface area contributed by atoms with E-state index >= 15 is 0 Å². The summed E-state index contributed by atoms with van der Waals surface area (Å²) in [5.74, 6) is -0.679. The molecule has 3 rings (SSSR count). The van der Waals surface area contributed by atoms with Gasteiger partial charge in [-0.3, -0.25) is 10.1 Å². The molecule has 1 aromatic carbocycles. The van der Waals surface area contributed by atoms with E-state index in [9.17, 15) is 13.6 Å². The molecule has 2 heterocycles. The number of halogens is 2. The molecule has 0 radical (unpaired) electrons. The molecular weight excluding hydrogens is 326 g/mol. The zero-order valence-corrected chi connectivity index (χ0v) is 12.6. The molecule has 0 aliphatic carbocycles. The minimum Gasteiger partial charge on any atom is -0.350 e. The summed E-state index contributed by atoms with van der Waals surface area (Å²) >= 11 is 0.603. The number of carbonyl (C=O) groups excluding carboxylic acids is 1. The third-order valence-electron chi connectivity index (χ3n) is 2.93. The smallest absolute Gasteiger partial charge is 0.296 e. The zero-order valence-electron chi connectivity index (χ0n) is 11.8. The molecule has 0 saturated carbocycles. The van der Waals surface area contributed by atoms with Crippen molar-refractivity contribution in [3.8, 4) is 11.3 Å². The highest BCUT2D eigenvalue weighted by Gasteiger charge is 2.18. The number of benzene rings is 1.